The molecule has 11 nitrogen and oxygen atoms in total. The molecule has 3 aromatic heterocycles. The van der Waals surface area contributed by atoms with Crippen LogP contribution in [0.15, 0.2) is 24.3 Å². The van der Waals surface area contributed by atoms with Gasteiger partial charge in [-0.2, -0.15) is 14.6 Å². The molecule has 0 unspecified atom stereocenters. The van der Waals surface area contributed by atoms with Crippen molar-refractivity contribution in [2.75, 3.05) is 12.8 Å². The zero-order valence-corrected chi connectivity index (χ0v) is 16.8. The second-order valence-corrected chi connectivity index (χ2v) is 6.73. The molecule has 0 atom stereocenters. The number of anilines is 1. The van der Waals surface area contributed by atoms with Crippen molar-refractivity contribution in [3.8, 4) is 17.1 Å². The van der Waals surface area contributed by atoms with Crippen molar-refractivity contribution in [3.05, 3.63) is 47.0 Å². The van der Waals surface area contributed by atoms with Crippen LogP contribution in [0.4, 0.5) is 5.95 Å². The molecule has 1 amide bonds. The van der Waals surface area contributed by atoms with E-state index in [0.717, 1.165) is 22.6 Å². The molecule has 0 radical (unpaired) electrons. The Kier molecular flexibility index (Phi) is 5.00. The van der Waals surface area contributed by atoms with Crippen LogP contribution in [0.3, 0.4) is 0 Å². The lowest BCUT2D eigenvalue weighted by Gasteiger charge is -2.10. The third-order valence-electron chi connectivity index (χ3n) is 4.74. The Hall–Kier alpha value is -4.02. The summed E-state index contributed by atoms with van der Waals surface area (Å²) in [5.74, 6) is 2.25. The molecule has 4 N–H and O–H groups in total. The van der Waals surface area contributed by atoms with Crippen LogP contribution < -0.4 is 15.8 Å². The van der Waals surface area contributed by atoms with Crippen LogP contribution in [0.25, 0.3) is 17.2 Å². The van der Waals surface area contributed by atoms with E-state index in [9.17, 15) is 4.79 Å². The number of H-pyrrole nitrogens is 1. The number of rotatable bonds is 6. The van der Waals surface area contributed by atoms with Crippen LogP contribution in [0.5, 0.6) is 5.75 Å². The molecule has 0 aliphatic carbocycles. The molecule has 3 heterocycles. The summed E-state index contributed by atoms with van der Waals surface area (Å²) < 4.78 is 6.69. The number of nitrogen functional groups attached to an aromatic ring is 1. The molecule has 0 bridgehead atoms. The summed E-state index contributed by atoms with van der Waals surface area (Å²) >= 11 is 0. The van der Waals surface area contributed by atoms with Gasteiger partial charge in [0.25, 0.3) is 5.78 Å². The molecular weight excluding hydrogens is 386 g/mol. The van der Waals surface area contributed by atoms with Gasteiger partial charge in [-0.3, -0.25) is 9.89 Å². The summed E-state index contributed by atoms with van der Waals surface area (Å²) in [4.78, 5) is 25.3. The van der Waals surface area contributed by atoms with Crippen LogP contribution in [-0.2, 0) is 17.8 Å². The fraction of sp³-hybridized carbons (Fsp3) is 0.263. The molecule has 30 heavy (non-hydrogen) atoms. The van der Waals surface area contributed by atoms with Crippen LogP contribution in [-0.4, -0.2) is 47.8 Å². The molecule has 11 heteroatoms. The van der Waals surface area contributed by atoms with Gasteiger partial charge in [0, 0.05) is 22.5 Å². The lowest BCUT2D eigenvalue weighted by Crippen LogP contribution is -2.26. The number of carbonyl (C=O) groups excluding carboxylic acids is 1. The average Bonchev–Trinajstić information content (AvgIpc) is 3.36. The summed E-state index contributed by atoms with van der Waals surface area (Å²) in [5, 5.41) is 14.0. The summed E-state index contributed by atoms with van der Waals surface area (Å²) in [5.41, 5.74) is 8.76. The van der Waals surface area contributed by atoms with Crippen molar-refractivity contribution >= 4 is 17.6 Å². The number of aromatic nitrogens is 7. The van der Waals surface area contributed by atoms with Crippen molar-refractivity contribution in [1.82, 2.24) is 40.1 Å². The van der Waals surface area contributed by atoms with E-state index in [1.54, 1.807) is 11.6 Å². The van der Waals surface area contributed by atoms with Crippen molar-refractivity contribution in [2.24, 2.45) is 0 Å². The summed E-state index contributed by atoms with van der Waals surface area (Å²) in [6.45, 7) is 3.92. The largest absolute Gasteiger partial charge is 0.497 e. The number of nitrogens with zero attached hydrogens (tertiary/aromatic N) is 6. The van der Waals surface area contributed by atoms with E-state index >= 15 is 0 Å². The van der Waals surface area contributed by atoms with E-state index in [4.69, 9.17) is 10.5 Å². The van der Waals surface area contributed by atoms with Crippen LogP contribution >= 0.6 is 0 Å². The van der Waals surface area contributed by atoms with E-state index in [1.807, 2.05) is 38.1 Å². The molecule has 0 aliphatic rings. The number of aryl methyl sites for hydroxylation is 2. The van der Waals surface area contributed by atoms with Crippen molar-refractivity contribution in [3.63, 3.8) is 0 Å². The van der Waals surface area contributed by atoms with E-state index in [2.05, 4.69) is 35.6 Å². The van der Waals surface area contributed by atoms with Gasteiger partial charge in [0.05, 0.1) is 20.1 Å². The van der Waals surface area contributed by atoms with Gasteiger partial charge < -0.3 is 15.8 Å². The van der Waals surface area contributed by atoms with E-state index in [0.29, 0.717) is 23.1 Å². The van der Waals surface area contributed by atoms with Gasteiger partial charge in [-0.05, 0) is 38.1 Å². The quantitative estimate of drug-likeness (QED) is 0.428. The summed E-state index contributed by atoms with van der Waals surface area (Å²) in [7, 11) is 1.61. The minimum absolute atomic E-state index is 0.143. The minimum atomic E-state index is -0.169. The number of amides is 1. The van der Waals surface area contributed by atoms with Gasteiger partial charge >= 0.3 is 0 Å². The number of nitrogens with one attached hydrogen (secondary N) is 2. The van der Waals surface area contributed by atoms with Gasteiger partial charge in [-0.1, -0.05) is 0 Å². The number of ether oxygens (including phenoxy) is 1. The molecule has 4 aromatic rings. The highest BCUT2D eigenvalue weighted by molar-refractivity contribution is 5.79. The Morgan fingerprint density at radius 2 is 1.97 bits per heavy atom. The molecule has 0 saturated heterocycles. The third-order valence-corrected chi connectivity index (χ3v) is 4.74. The fourth-order valence-corrected chi connectivity index (χ4v) is 3.13. The Balaban J connectivity index is 1.42. The average molecular weight is 407 g/mol. The van der Waals surface area contributed by atoms with Crippen LogP contribution in [0, 0.1) is 13.8 Å². The topological polar surface area (TPSA) is 149 Å². The van der Waals surface area contributed by atoms with Crippen molar-refractivity contribution in [1.29, 1.82) is 0 Å². The first-order valence-corrected chi connectivity index (χ1v) is 9.25. The maximum absolute atomic E-state index is 12.5. The third kappa shape index (κ3) is 3.77. The maximum atomic E-state index is 12.5. The highest BCUT2D eigenvalue weighted by Gasteiger charge is 2.16. The molecule has 0 fully saturated rings. The highest BCUT2D eigenvalue weighted by Crippen LogP contribution is 2.19. The number of hydrogen-bond acceptors (Lipinski definition) is 8. The number of methoxy groups -OCH3 is 1. The summed E-state index contributed by atoms with van der Waals surface area (Å²) in [6, 6.07) is 7.42. The molecule has 4 rings (SSSR count). The number of nitrogens with two attached hydrogens (primary N) is 1. The first kappa shape index (κ1) is 19.3. The Morgan fingerprint density at radius 3 is 2.70 bits per heavy atom. The van der Waals surface area contributed by atoms with Gasteiger partial charge in [0.1, 0.15) is 11.6 Å². The molecule has 154 valence electrons. The zero-order chi connectivity index (χ0) is 21.3. The number of aromatic amines is 1. The van der Waals surface area contributed by atoms with Gasteiger partial charge in [0.15, 0.2) is 5.82 Å². The van der Waals surface area contributed by atoms with E-state index < -0.39 is 0 Å². The minimum Gasteiger partial charge on any atom is -0.497 e. The monoisotopic (exact) mass is 407 g/mol. The van der Waals surface area contributed by atoms with Gasteiger partial charge in [-0.15, -0.1) is 5.10 Å². The number of benzene rings is 1. The molecular formula is C19H21N9O2. The first-order valence-electron chi connectivity index (χ1n) is 9.25. The van der Waals surface area contributed by atoms with Crippen LogP contribution in [0.2, 0.25) is 0 Å². The van der Waals surface area contributed by atoms with Gasteiger partial charge in [-0.25, -0.2) is 9.97 Å². The zero-order valence-electron chi connectivity index (χ0n) is 16.8. The van der Waals surface area contributed by atoms with E-state index in [1.165, 1.54) is 0 Å². The normalized spacial score (nSPS) is 11.0. The molecule has 0 aliphatic heterocycles. The van der Waals surface area contributed by atoms with E-state index in [-0.39, 0.29) is 24.8 Å². The first-order chi connectivity index (χ1) is 14.4. The Morgan fingerprint density at radius 1 is 1.20 bits per heavy atom. The maximum Gasteiger partial charge on any atom is 0.254 e. The number of fused-ring (bicyclic) bond motifs is 1. The Labute approximate surface area is 171 Å². The number of hydrogen-bond donors (Lipinski definition) is 3. The molecule has 0 spiro atoms. The van der Waals surface area contributed by atoms with Crippen molar-refractivity contribution in [2.45, 2.75) is 26.8 Å². The van der Waals surface area contributed by atoms with Crippen LogP contribution in [0.1, 0.15) is 22.8 Å². The van der Waals surface area contributed by atoms with Crippen molar-refractivity contribution < 1.29 is 9.53 Å². The predicted molar refractivity (Wildman–Crippen MR) is 109 cm³/mol. The lowest BCUT2D eigenvalue weighted by molar-refractivity contribution is -0.120. The van der Waals surface area contributed by atoms with Gasteiger partial charge in [0.2, 0.25) is 11.9 Å². The smallest absolute Gasteiger partial charge is 0.254 e. The predicted octanol–water partition coefficient (Wildman–Crippen LogP) is 0.976. The summed E-state index contributed by atoms with van der Waals surface area (Å²) in [6.07, 6.45) is 0.153. The second kappa shape index (κ2) is 7.78. The standard InChI is InChI=1S/C19H21N9O2/c1-10-14(11(2)28-19(22-10)24-18(20)27-28)8-16(29)21-9-15-23-17(26-25-15)12-4-6-13(30-3)7-5-12/h4-7H,8-9H2,1-3H3,(H2,20,27)(H,21,29)(H,23,25,26). The lowest BCUT2D eigenvalue weighted by atomic mass is 10.1. The molecule has 1 aromatic carbocycles. The fourth-order valence-electron chi connectivity index (χ4n) is 3.13. The number of carbonyl (C=O) groups is 1. The molecule has 0 saturated carbocycles. The highest BCUT2D eigenvalue weighted by atomic mass is 16.5. The Bertz CT molecular complexity index is 1210. The SMILES string of the molecule is COc1ccc(-c2n[nH]c(CNC(=O)Cc3c(C)nc4nc(N)nn4c3C)n2)cc1. The second-order valence-electron chi connectivity index (χ2n) is 6.73.